The van der Waals surface area contributed by atoms with Crippen molar-refractivity contribution in [3.63, 3.8) is 0 Å². The molecule has 0 atom stereocenters. The van der Waals surface area contributed by atoms with Crippen molar-refractivity contribution in [1.29, 1.82) is 0 Å². The number of carbonyl (C=O) groups is 1. The Morgan fingerprint density at radius 2 is 1.81 bits per heavy atom. The largest absolute Gasteiger partial charge is 0.324 e. The molecule has 1 aromatic carbocycles. The van der Waals surface area contributed by atoms with Gasteiger partial charge in [-0.05, 0) is 86.3 Å². The molecule has 0 aliphatic carbocycles. The van der Waals surface area contributed by atoms with Crippen LogP contribution in [0.25, 0.3) is 0 Å². The maximum atomic E-state index is 11.6. The summed E-state index contributed by atoms with van der Waals surface area (Å²) in [5.41, 5.74) is 0.904. The maximum absolute atomic E-state index is 11.6. The van der Waals surface area contributed by atoms with Crippen LogP contribution >= 0.6 is 79.4 Å². The normalized spacial score (nSPS) is 10.2. The highest BCUT2D eigenvalue weighted by Crippen LogP contribution is 2.27. The SMILES string of the molecule is O=C(CCCCl)Nc1c(I)cc(I)cc1I. The summed E-state index contributed by atoms with van der Waals surface area (Å²) in [7, 11) is 0. The fourth-order valence-corrected chi connectivity index (χ4v) is 5.08. The smallest absolute Gasteiger partial charge is 0.224 e. The van der Waals surface area contributed by atoms with Crippen molar-refractivity contribution in [1.82, 2.24) is 0 Å². The molecule has 0 saturated heterocycles. The number of alkyl halides is 1. The van der Waals surface area contributed by atoms with Gasteiger partial charge in [0.05, 0.1) is 5.69 Å². The highest BCUT2D eigenvalue weighted by atomic mass is 127. The molecule has 0 radical (unpaired) electrons. The van der Waals surface area contributed by atoms with Gasteiger partial charge < -0.3 is 5.32 Å². The Bertz CT molecular complexity index is 375. The van der Waals surface area contributed by atoms with Crippen LogP contribution in [0.1, 0.15) is 12.8 Å². The zero-order chi connectivity index (χ0) is 12.1. The van der Waals surface area contributed by atoms with E-state index in [1.165, 1.54) is 3.57 Å². The number of rotatable bonds is 4. The molecule has 1 aromatic rings. The molecule has 1 amide bonds. The van der Waals surface area contributed by atoms with Crippen LogP contribution in [0, 0.1) is 10.7 Å². The van der Waals surface area contributed by atoms with Gasteiger partial charge in [0.1, 0.15) is 0 Å². The Balaban J connectivity index is 2.77. The van der Waals surface area contributed by atoms with Crippen LogP contribution in [0.3, 0.4) is 0 Å². The van der Waals surface area contributed by atoms with Crippen molar-refractivity contribution in [3.8, 4) is 0 Å². The first-order chi connectivity index (χ1) is 7.54. The summed E-state index contributed by atoms with van der Waals surface area (Å²) in [4.78, 5) is 11.6. The molecular formula is C10H9ClI3NO. The number of benzene rings is 1. The van der Waals surface area contributed by atoms with Gasteiger partial charge in [-0.3, -0.25) is 4.79 Å². The number of amides is 1. The lowest BCUT2D eigenvalue weighted by Gasteiger charge is -2.10. The maximum Gasteiger partial charge on any atom is 0.224 e. The molecule has 0 aliphatic heterocycles. The van der Waals surface area contributed by atoms with E-state index in [1.807, 2.05) is 12.1 Å². The molecular weight excluding hydrogens is 566 g/mol. The van der Waals surface area contributed by atoms with Crippen molar-refractivity contribution in [3.05, 3.63) is 22.8 Å². The lowest BCUT2D eigenvalue weighted by atomic mass is 10.3. The highest BCUT2D eigenvalue weighted by molar-refractivity contribution is 14.1. The van der Waals surface area contributed by atoms with Gasteiger partial charge >= 0.3 is 0 Å². The molecule has 1 N–H and O–H groups in total. The van der Waals surface area contributed by atoms with Crippen molar-refractivity contribution < 1.29 is 4.79 Å². The number of hydrogen-bond donors (Lipinski definition) is 1. The van der Waals surface area contributed by atoms with Gasteiger partial charge in [0.15, 0.2) is 0 Å². The molecule has 0 aliphatic rings. The van der Waals surface area contributed by atoms with E-state index in [1.54, 1.807) is 0 Å². The fraction of sp³-hybridized carbons (Fsp3) is 0.300. The quantitative estimate of drug-likeness (QED) is 0.417. The molecule has 0 spiro atoms. The van der Waals surface area contributed by atoms with Crippen molar-refractivity contribution in [2.75, 3.05) is 11.2 Å². The van der Waals surface area contributed by atoms with Gasteiger partial charge in [-0.2, -0.15) is 0 Å². The van der Waals surface area contributed by atoms with Crippen LogP contribution < -0.4 is 5.32 Å². The summed E-state index contributed by atoms with van der Waals surface area (Å²) in [6.45, 7) is 0. The number of anilines is 1. The molecule has 0 fully saturated rings. The Morgan fingerprint density at radius 1 is 1.25 bits per heavy atom. The summed E-state index contributed by atoms with van der Waals surface area (Å²) < 4.78 is 3.30. The van der Waals surface area contributed by atoms with Crippen LogP contribution in [0.2, 0.25) is 0 Å². The molecule has 6 heteroatoms. The van der Waals surface area contributed by atoms with Gasteiger partial charge in [-0.1, -0.05) is 0 Å². The van der Waals surface area contributed by atoms with Gasteiger partial charge in [-0.25, -0.2) is 0 Å². The average Bonchev–Trinajstić information content (AvgIpc) is 2.20. The third-order valence-electron chi connectivity index (χ3n) is 1.81. The Morgan fingerprint density at radius 3 is 2.31 bits per heavy atom. The van der Waals surface area contributed by atoms with Crippen molar-refractivity contribution in [2.45, 2.75) is 12.8 Å². The second-order valence-electron chi connectivity index (χ2n) is 3.09. The fourth-order valence-electron chi connectivity index (χ4n) is 1.09. The van der Waals surface area contributed by atoms with Crippen LogP contribution in [0.5, 0.6) is 0 Å². The molecule has 88 valence electrons. The zero-order valence-electron chi connectivity index (χ0n) is 8.20. The first kappa shape index (κ1) is 15.2. The van der Waals surface area contributed by atoms with Crippen molar-refractivity contribution >= 4 is 91.0 Å². The van der Waals surface area contributed by atoms with E-state index < -0.39 is 0 Å². The van der Waals surface area contributed by atoms with Crippen LogP contribution in [0.15, 0.2) is 12.1 Å². The predicted molar refractivity (Wildman–Crippen MR) is 93.2 cm³/mol. The van der Waals surface area contributed by atoms with E-state index in [-0.39, 0.29) is 5.91 Å². The third kappa shape index (κ3) is 4.81. The van der Waals surface area contributed by atoms with Gasteiger partial charge in [0, 0.05) is 23.0 Å². The highest BCUT2D eigenvalue weighted by Gasteiger charge is 2.09. The summed E-state index contributed by atoms with van der Waals surface area (Å²) in [6.07, 6.45) is 1.19. The lowest BCUT2D eigenvalue weighted by Crippen LogP contribution is -2.13. The number of carbonyl (C=O) groups excluding carboxylic acids is 1. The first-order valence-corrected chi connectivity index (χ1v) is 8.32. The molecule has 0 aromatic heterocycles. The lowest BCUT2D eigenvalue weighted by molar-refractivity contribution is -0.116. The minimum absolute atomic E-state index is 0.0256. The number of halogens is 4. The van der Waals surface area contributed by atoms with Gasteiger partial charge in [0.25, 0.3) is 0 Å². The van der Waals surface area contributed by atoms with Gasteiger partial charge in [0.2, 0.25) is 5.91 Å². The molecule has 2 nitrogen and oxygen atoms in total. The monoisotopic (exact) mass is 575 g/mol. The van der Waals surface area contributed by atoms with E-state index in [9.17, 15) is 4.79 Å². The Hall–Kier alpha value is 1.17. The molecule has 0 bridgehead atoms. The van der Waals surface area contributed by atoms with E-state index in [0.717, 1.165) is 12.8 Å². The van der Waals surface area contributed by atoms with E-state index in [0.29, 0.717) is 18.7 Å². The summed E-state index contributed by atoms with van der Waals surface area (Å²) in [5, 5.41) is 2.92. The Labute approximate surface area is 141 Å². The number of hydrogen-bond acceptors (Lipinski definition) is 1. The van der Waals surface area contributed by atoms with Crippen LogP contribution in [-0.2, 0) is 4.79 Å². The number of nitrogens with one attached hydrogen (secondary N) is 1. The molecule has 0 heterocycles. The summed E-state index contributed by atoms with van der Waals surface area (Å²) in [6, 6.07) is 4.08. The van der Waals surface area contributed by atoms with Gasteiger partial charge in [-0.15, -0.1) is 11.6 Å². The summed E-state index contributed by atoms with van der Waals surface area (Å²) in [5.74, 6) is 0.548. The summed E-state index contributed by atoms with van der Waals surface area (Å²) >= 11 is 12.3. The van der Waals surface area contributed by atoms with E-state index in [2.05, 4.69) is 73.1 Å². The van der Waals surface area contributed by atoms with E-state index >= 15 is 0 Å². The second-order valence-corrected chi connectivity index (χ2v) is 7.03. The minimum atomic E-state index is 0.0256. The molecule has 0 saturated carbocycles. The first-order valence-electron chi connectivity index (χ1n) is 4.55. The van der Waals surface area contributed by atoms with Crippen molar-refractivity contribution in [2.24, 2.45) is 0 Å². The molecule has 16 heavy (non-hydrogen) atoms. The second kappa shape index (κ2) is 7.57. The predicted octanol–water partition coefficient (Wildman–Crippen LogP) is 4.46. The minimum Gasteiger partial charge on any atom is -0.324 e. The topological polar surface area (TPSA) is 29.1 Å². The van der Waals surface area contributed by atoms with Crippen LogP contribution in [-0.4, -0.2) is 11.8 Å². The zero-order valence-corrected chi connectivity index (χ0v) is 15.4. The third-order valence-corrected chi connectivity index (χ3v) is 4.40. The molecule has 0 unspecified atom stereocenters. The standard InChI is InChI=1S/C10H9ClI3NO/c11-3-1-2-9(16)15-10-7(13)4-6(12)5-8(10)14/h4-5H,1-3H2,(H,15,16). The van der Waals surface area contributed by atoms with E-state index in [4.69, 9.17) is 11.6 Å². The average molecular weight is 575 g/mol. The Kier molecular flexibility index (Phi) is 7.21. The van der Waals surface area contributed by atoms with Crippen LogP contribution in [0.4, 0.5) is 5.69 Å². The molecule has 1 rings (SSSR count).